The minimum absolute atomic E-state index is 0.0906. The lowest BCUT2D eigenvalue weighted by molar-refractivity contribution is -0.137. The molecule has 0 radical (unpaired) electrons. The minimum Gasteiger partial charge on any atom is -0.402 e. The van der Waals surface area contributed by atoms with Crippen LogP contribution in [0.3, 0.4) is 0 Å². The molecule has 4 heterocycles. The number of aromatic amines is 2. The van der Waals surface area contributed by atoms with Crippen LogP contribution in [0.4, 0.5) is 19.0 Å². The van der Waals surface area contributed by atoms with E-state index in [0.717, 1.165) is 11.6 Å². The van der Waals surface area contributed by atoms with E-state index in [9.17, 15) is 18.0 Å². The third-order valence-electron chi connectivity index (χ3n) is 5.95. The molecule has 0 fully saturated rings. The van der Waals surface area contributed by atoms with Crippen LogP contribution < -0.4 is 10.6 Å². The summed E-state index contributed by atoms with van der Waals surface area (Å²) >= 11 is 0. The molecule has 11 heteroatoms. The first-order valence-corrected chi connectivity index (χ1v) is 10.7. The van der Waals surface area contributed by atoms with Gasteiger partial charge in [0, 0.05) is 60.4 Å². The number of nitrogens with zero attached hydrogens (tertiary/aromatic N) is 3. The van der Waals surface area contributed by atoms with Gasteiger partial charge in [-0.3, -0.25) is 4.79 Å². The predicted octanol–water partition coefficient (Wildman–Crippen LogP) is 4.28. The molecular weight excluding hydrogens is 459 g/mol. The Morgan fingerprint density at radius 2 is 2.03 bits per heavy atom. The summed E-state index contributed by atoms with van der Waals surface area (Å²) in [6.45, 7) is 1.15. The maximum atomic E-state index is 13.3. The van der Waals surface area contributed by atoms with Gasteiger partial charge in [0.1, 0.15) is 5.82 Å². The summed E-state index contributed by atoms with van der Waals surface area (Å²) in [5.41, 5.74) is 7.86. The SMILES string of the molecule is N=CC1=C(N)CCN(c2cc3nc(-c4cc(C(=O)c5ccccc5C(F)(F)F)c[nH]4)[nH]c3cn2)C1. The Morgan fingerprint density at radius 3 is 2.80 bits per heavy atom. The number of H-pyrrole nitrogens is 2. The molecular formula is C24H20F3N7O. The van der Waals surface area contributed by atoms with Crippen molar-refractivity contribution in [3.63, 3.8) is 0 Å². The Hall–Kier alpha value is -4.41. The molecule has 1 aromatic carbocycles. The molecule has 0 saturated carbocycles. The van der Waals surface area contributed by atoms with Gasteiger partial charge in [-0.2, -0.15) is 13.2 Å². The maximum absolute atomic E-state index is 13.3. The van der Waals surface area contributed by atoms with Crippen molar-refractivity contribution >= 4 is 28.8 Å². The van der Waals surface area contributed by atoms with Crippen LogP contribution in [0.25, 0.3) is 22.6 Å². The van der Waals surface area contributed by atoms with Crippen molar-refractivity contribution in [2.75, 3.05) is 18.0 Å². The second-order valence-electron chi connectivity index (χ2n) is 8.19. The summed E-state index contributed by atoms with van der Waals surface area (Å²) in [7, 11) is 0. The van der Waals surface area contributed by atoms with Crippen LogP contribution in [-0.4, -0.2) is 45.0 Å². The molecule has 5 rings (SSSR count). The van der Waals surface area contributed by atoms with Crippen LogP contribution in [0.5, 0.6) is 0 Å². The van der Waals surface area contributed by atoms with Gasteiger partial charge in [0.05, 0.1) is 28.5 Å². The Balaban J connectivity index is 1.42. The molecule has 1 aliphatic rings. The Labute approximate surface area is 197 Å². The number of imidazole rings is 1. The number of alkyl halides is 3. The normalized spacial score (nSPS) is 14.5. The van der Waals surface area contributed by atoms with Gasteiger partial charge < -0.3 is 26.0 Å². The summed E-state index contributed by atoms with van der Waals surface area (Å²) in [4.78, 5) is 29.9. The van der Waals surface area contributed by atoms with Gasteiger partial charge in [-0.25, -0.2) is 9.97 Å². The van der Waals surface area contributed by atoms with Gasteiger partial charge in [0.2, 0.25) is 0 Å². The quantitative estimate of drug-likeness (QED) is 0.251. The second kappa shape index (κ2) is 8.42. The third-order valence-corrected chi connectivity index (χ3v) is 5.95. The van der Waals surface area contributed by atoms with Gasteiger partial charge in [0.25, 0.3) is 0 Å². The van der Waals surface area contributed by atoms with Crippen molar-refractivity contribution in [3.05, 3.63) is 76.8 Å². The summed E-state index contributed by atoms with van der Waals surface area (Å²) in [5, 5.41) is 7.53. The van der Waals surface area contributed by atoms with E-state index in [1.165, 1.54) is 36.7 Å². The first-order valence-electron chi connectivity index (χ1n) is 10.7. The largest absolute Gasteiger partial charge is 0.417 e. The number of pyridine rings is 1. The van der Waals surface area contributed by atoms with Gasteiger partial charge in [-0.1, -0.05) is 18.2 Å². The van der Waals surface area contributed by atoms with E-state index in [-0.39, 0.29) is 5.56 Å². The second-order valence-corrected chi connectivity index (χ2v) is 8.19. The van der Waals surface area contributed by atoms with Gasteiger partial charge >= 0.3 is 6.18 Å². The van der Waals surface area contributed by atoms with Crippen molar-refractivity contribution in [1.29, 1.82) is 5.41 Å². The van der Waals surface area contributed by atoms with E-state index in [1.807, 2.05) is 11.0 Å². The van der Waals surface area contributed by atoms with Gasteiger partial charge in [0.15, 0.2) is 11.6 Å². The highest BCUT2D eigenvalue weighted by atomic mass is 19.4. The van der Waals surface area contributed by atoms with Crippen molar-refractivity contribution < 1.29 is 18.0 Å². The van der Waals surface area contributed by atoms with Crippen molar-refractivity contribution in [1.82, 2.24) is 19.9 Å². The highest BCUT2D eigenvalue weighted by Gasteiger charge is 2.35. The summed E-state index contributed by atoms with van der Waals surface area (Å²) < 4.78 is 40.0. The maximum Gasteiger partial charge on any atom is 0.417 e. The van der Waals surface area contributed by atoms with E-state index in [0.29, 0.717) is 53.6 Å². The highest BCUT2D eigenvalue weighted by molar-refractivity contribution is 6.10. The predicted molar refractivity (Wildman–Crippen MR) is 125 cm³/mol. The van der Waals surface area contributed by atoms with E-state index in [4.69, 9.17) is 11.1 Å². The highest BCUT2D eigenvalue weighted by Crippen LogP contribution is 2.33. The number of anilines is 1. The smallest absolute Gasteiger partial charge is 0.402 e. The Kier molecular flexibility index (Phi) is 5.39. The number of fused-ring (bicyclic) bond motifs is 1. The monoisotopic (exact) mass is 479 g/mol. The molecule has 0 saturated heterocycles. The number of nitrogens with two attached hydrogens (primary N) is 1. The molecule has 4 aromatic rings. The zero-order valence-corrected chi connectivity index (χ0v) is 18.3. The lowest BCUT2D eigenvalue weighted by Crippen LogP contribution is -2.34. The Bertz CT molecular complexity index is 1480. The molecule has 5 N–H and O–H groups in total. The first-order chi connectivity index (χ1) is 16.7. The number of nitrogens with one attached hydrogen (secondary N) is 3. The number of benzene rings is 1. The zero-order chi connectivity index (χ0) is 24.7. The lowest BCUT2D eigenvalue weighted by Gasteiger charge is -2.29. The molecule has 0 unspecified atom stereocenters. The van der Waals surface area contributed by atoms with Crippen LogP contribution in [0.2, 0.25) is 0 Å². The molecule has 3 aromatic heterocycles. The molecule has 0 bridgehead atoms. The van der Waals surface area contributed by atoms with E-state index < -0.39 is 23.1 Å². The average molecular weight is 479 g/mol. The van der Waals surface area contributed by atoms with Crippen LogP contribution in [0.1, 0.15) is 27.9 Å². The van der Waals surface area contributed by atoms with E-state index >= 15 is 0 Å². The van der Waals surface area contributed by atoms with Crippen LogP contribution in [-0.2, 0) is 6.18 Å². The number of hydrogen-bond acceptors (Lipinski definition) is 6. The summed E-state index contributed by atoms with van der Waals surface area (Å²) in [5.74, 6) is 0.374. The van der Waals surface area contributed by atoms with Crippen LogP contribution in [0, 0.1) is 5.41 Å². The molecule has 0 aliphatic carbocycles. The van der Waals surface area contributed by atoms with Crippen LogP contribution >= 0.6 is 0 Å². The average Bonchev–Trinajstić information content (AvgIpc) is 3.50. The van der Waals surface area contributed by atoms with Gasteiger partial charge in [-0.15, -0.1) is 0 Å². The fraction of sp³-hybridized carbons (Fsp3) is 0.167. The fourth-order valence-corrected chi connectivity index (χ4v) is 4.08. The fourth-order valence-electron chi connectivity index (χ4n) is 4.08. The van der Waals surface area contributed by atoms with Gasteiger partial charge in [-0.05, 0) is 12.1 Å². The third kappa shape index (κ3) is 4.16. The van der Waals surface area contributed by atoms with E-state index in [2.05, 4.69) is 19.9 Å². The lowest BCUT2D eigenvalue weighted by atomic mass is 9.99. The molecule has 0 amide bonds. The molecule has 0 atom stereocenters. The number of ketones is 1. The number of carbonyl (C=O) groups excluding carboxylic acids is 1. The number of rotatable bonds is 5. The Morgan fingerprint density at radius 1 is 1.23 bits per heavy atom. The minimum atomic E-state index is -4.63. The van der Waals surface area contributed by atoms with Crippen LogP contribution in [0.15, 0.2) is 60.1 Å². The topological polar surface area (TPSA) is 128 Å². The molecule has 1 aliphatic heterocycles. The number of hydrogen-bond donors (Lipinski definition) is 4. The molecule has 178 valence electrons. The van der Waals surface area contributed by atoms with Crippen molar-refractivity contribution in [3.8, 4) is 11.5 Å². The standard InChI is InChI=1S/C24H20F3N7O/c25-24(26,27)16-4-2-1-3-15(16)22(35)13-7-19(30-10-13)23-32-18-8-21(31-11-20(18)33-23)34-6-5-17(29)14(9-28)12-34/h1-4,7-11,28,30H,5-6,12,29H2,(H,32,33). The van der Waals surface area contributed by atoms with Crippen molar-refractivity contribution in [2.45, 2.75) is 12.6 Å². The number of aromatic nitrogens is 4. The molecule has 0 spiro atoms. The zero-order valence-electron chi connectivity index (χ0n) is 18.3. The number of halogens is 3. The molecule has 35 heavy (non-hydrogen) atoms. The number of carbonyl (C=O) groups is 1. The summed E-state index contributed by atoms with van der Waals surface area (Å²) in [6.07, 6.45) is 0.258. The van der Waals surface area contributed by atoms with E-state index in [1.54, 1.807) is 6.20 Å². The molecule has 8 nitrogen and oxygen atoms in total. The summed E-state index contributed by atoms with van der Waals surface area (Å²) in [6, 6.07) is 7.99. The van der Waals surface area contributed by atoms with Crippen molar-refractivity contribution in [2.24, 2.45) is 5.73 Å². The first kappa shape index (κ1) is 22.4.